The molecule has 0 fully saturated rings. The second kappa shape index (κ2) is 7.03. The van der Waals surface area contributed by atoms with Crippen molar-refractivity contribution in [2.45, 2.75) is 46.5 Å². The Morgan fingerprint density at radius 1 is 1.19 bits per heavy atom. The Morgan fingerprint density at radius 2 is 1.88 bits per heavy atom. The largest absolute Gasteiger partial charge is 0.361 e. The Morgan fingerprint density at radius 3 is 2.46 bits per heavy atom. The number of carbonyl (C=O) groups excluding carboxylic acids is 1. The van der Waals surface area contributed by atoms with Gasteiger partial charge in [0.1, 0.15) is 5.76 Å². The Bertz CT molecular complexity index is 898. The van der Waals surface area contributed by atoms with Crippen LogP contribution in [0.2, 0.25) is 0 Å². The van der Waals surface area contributed by atoms with Crippen LogP contribution in [0.3, 0.4) is 0 Å². The number of nitrogens with one attached hydrogen (secondary N) is 1. The Hall–Kier alpha value is -2.47. The fourth-order valence-electron chi connectivity index (χ4n) is 2.68. The number of amides is 1. The molecule has 0 aliphatic heterocycles. The predicted molar refractivity (Wildman–Crippen MR) is 105 cm³/mol. The average Bonchev–Trinajstić information content (AvgIpc) is 3.16. The maximum Gasteiger partial charge on any atom is 0.230 e. The van der Waals surface area contributed by atoms with E-state index < -0.39 is 0 Å². The van der Waals surface area contributed by atoms with Crippen molar-refractivity contribution in [2.24, 2.45) is 0 Å². The molecule has 0 saturated carbocycles. The molecule has 0 aliphatic carbocycles. The molecule has 2 aromatic heterocycles. The zero-order chi connectivity index (χ0) is 18.9. The first-order chi connectivity index (χ1) is 12.2. The minimum absolute atomic E-state index is 0.122. The van der Waals surface area contributed by atoms with Gasteiger partial charge in [-0.05, 0) is 24.8 Å². The first kappa shape index (κ1) is 18.3. The van der Waals surface area contributed by atoms with Gasteiger partial charge in [-0.2, -0.15) is 0 Å². The molecule has 1 N–H and O–H groups in total. The average molecular weight is 369 g/mol. The van der Waals surface area contributed by atoms with E-state index in [9.17, 15) is 4.79 Å². The molecule has 0 radical (unpaired) electrons. The summed E-state index contributed by atoms with van der Waals surface area (Å²) < 4.78 is 5.10. The first-order valence-corrected chi connectivity index (χ1v) is 9.40. The number of thiazole rings is 1. The lowest BCUT2D eigenvalue weighted by Gasteiger charge is -2.18. The van der Waals surface area contributed by atoms with E-state index in [0.717, 1.165) is 22.5 Å². The minimum Gasteiger partial charge on any atom is -0.361 e. The number of hydrogen-bond acceptors (Lipinski definition) is 5. The fraction of sp³-hybridized carbons (Fsp3) is 0.350. The van der Waals surface area contributed by atoms with Gasteiger partial charge in [0, 0.05) is 16.5 Å². The summed E-state index contributed by atoms with van der Waals surface area (Å²) in [6, 6.07) is 8.41. The molecule has 26 heavy (non-hydrogen) atoms. The third-order valence-corrected chi connectivity index (χ3v) is 5.07. The van der Waals surface area contributed by atoms with Gasteiger partial charge in [-0.15, -0.1) is 11.3 Å². The van der Waals surface area contributed by atoms with Gasteiger partial charge in [0.2, 0.25) is 5.91 Å². The Labute approximate surface area is 157 Å². The van der Waals surface area contributed by atoms with Gasteiger partial charge in [-0.25, -0.2) is 4.98 Å². The van der Waals surface area contributed by atoms with Crippen molar-refractivity contribution >= 4 is 22.4 Å². The smallest absolute Gasteiger partial charge is 0.230 e. The predicted octanol–water partition coefficient (Wildman–Crippen LogP) is 4.89. The van der Waals surface area contributed by atoms with E-state index in [1.165, 1.54) is 16.9 Å². The molecule has 6 heteroatoms. The van der Waals surface area contributed by atoms with E-state index in [-0.39, 0.29) is 17.7 Å². The summed E-state index contributed by atoms with van der Waals surface area (Å²) in [6.07, 6.45) is 0.232. The van der Waals surface area contributed by atoms with Crippen molar-refractivity contribution in [3.8, 4) is 11.3 Å². The van der Waals surface area contributed by atoms with Gasteiger partial charge < -0.3 is 9.84 Å². The molecule has 136 valence electrons. The maximum atomic E-state index is 12.3. The van der Waals surface area contributed by atoms with Crippen molar-refractivity contribution < 1.29 is 9.32 Å². The SMILES string of the molecule is Cc1noc(C)c1CC(=O)Nc1nc(-c2ccc(C(C)(C)C)cc2)cs1. The van der Waals surface area contributed by atoms with Gasteiger partial charge in [-0.1, -0.05) is 50.2 Å². The molecule has 2 heterocycles. The van der Waals surface area contributed by atoms with Crippen LogP contribution in [0.1, 0.15) is 43.4 Å². The number of aryl methyl sites for hydroxylation is 2. The molecular formula is C20H23N3O2S. The highest BCUT2D eigenvalue weighted by Crippen LogP contribution is 2.28. The van der Waals surface area contributed by atoms with Crippen LogP contribution in [0.5, 0.6) is 0 Å². The lowest BCUT2D eigenvalue weighted by Crippen LogP contribution is -2.15. The third kappa shape index (κ3) is 4.02. The normalized spacial score (nSPS) is 11.6. The highest BCUT2D eigenvalue weighted by Gasteiger charge is 2.16. The van der Waals surface area contributed by atoms with Crippen molar-refractivity contribution in [3.63, 3.8) is 0 Å². The van der Waals surface area contributed by atoms with Crippen molar-refractivity contribution in [1.82, 2.24) is 10.1 Å². The summed E-state index contributed by atoms with van der Waals surface area (Å²) in [4.78, 5) is 16.8. The van der Waals surface area contributed by atoms with Gasteiger partial charge in [-0.3, -0.25) is 4.79 Å². The zero-order valence-corrected chi connectivity index (χ0v) is 16.5. The number of carbonyl (C=O) groups is 1. The maximum absolute atomic E-state index is 12.3. The summed E-state index contributed by atoms with van der Waals surface area (Å²) >= 11 is 1.42. The zero-order valence-electron chi connectivity index (χ0n) is 15.7. The number of benzene rings is 1. The van der Waals surface area contributed by atoms with E-state index >= 15 is 0 Å². The van der Waals surface area contributed by atoms with E-state index in [1.54, 1.807) is 0 Å². The van der Waals surface area contributed by atoms with Crippen LogP contribution in [-0.2, 0) is 16.6 Å². The van der Waals surface area contributed by atoms with E-state index in [0.29, 0.717) is 10.9 Å². The molecule has 5 nitrogen and oxygen atoms in total. The summed E-state index contributed by atoms with van der Waals surface area (Å²) in [7, 11) is 0. The molecule has 0 aliphatic rings. The lowest BCUT2D eigenvalue weighted by molar-refractivity contribution is -0.115. The van der Waals surface area contributed by atoms with Gasteiger partial charge in [0.05, 0.1) is 17.8 Å². The van der Waals surface area contributed by atoms with Gasteiger partial charge in [0.25, 0.3) is 0 Å². The molecule has 0 bridgehead atoms. The molecule has 0 spiro atoms. The molecule has 0 saturated heterocycles. The van der Waals surface area contributed by atoms with Crippen LogP contribution >= 0.6 is 11.3 Å². The molecule has 3 rings (SSSR count). The van der Waals surface area contributed by atoms with Gasteiger partial charge >= 0.3 is 0 Å². The minimum atomic E-state index is -0.122. The van der Waals surface area contributed by atoms with Crippen molar-refractivity contribution in [3.05, 3.63) is 52.2 Å². The number of rotatable bonds is 4. The number of aromatic nitrogens is 2. The Kier molecular flexibility index (Phi) is 4.96. The second-order valence-corrected chi connectivity index (χ2v) is 8.25. The number of anilines is 1. The summed E-state index contributed by atoms with van der Waals surface area (Å²) in [5.41, 5.74) is 4.89. The van der Waals surface area contributed by atoms with E-state index in [4.69, 9.17) is 4.52 Å². The van der Waals surface area contributed by atoms with Gasteiger partial charge in [0.15, 0.2) is 5.13 Å². The molecule has 3 aromatic rings. The van der Waals surface area contributed by atoms with E-state index in [2.05, 4.69) is 60.5 Å². The summed E-state index contributed by atoms with van der Waals surface area (Å²) in [6.45, 7) is 10.2. The Balaban J connectivity index is 1.69. The number of hydrogen-bond donors (Lipinski definition) is 1. The lowest BCUT2D eigenvalue weighted by atomic mass is 9.86. The van der Waals surface area contributed by atoms with Crippen LogP contribution in [0.15, 0.2) is 34.2 Å². The first-order valence-electron chi connectivity index (χ1n) is 8.52. The van der Waals surface area contributed by atoms with Crippen molar-refractivity contribution in [2.75, 3.05) is 5.32 Å². The van der Waals surface area contributed by atoms with Crippen LogP contribution < -0.4 is 5.32 Å². The fourth-order valence-corrected chi connectivity index (χ4v) is 3.42. The van der Waals surface area contributed by atoms with Crippen LogP contribution in [0.25, 0.3) is 11.3 Å². The monoisotopic (exact) mass is 369 g/mol. The standard InChI is InChI=1S/C20H23N3O2S/c1-12-16(13(2)25-23-12)10-18(24)22-19-21-17(11-26-19)14-6-8-15(9-7-14)20(3,4)5/h6-9,11H,10H2,1-5H3,(H,21,22,24). The van der Waals surface area contributed by atoms with Crippen LogP contribution in [0, 0.1) is 13.8 Å². The second-order valence-electron chi connectivity index (χ2n) is 7.39. The third-order valence-electron chi connectivity index (χ3n) is 4.32. The molecule has 1 aromatic carbocycles. The molecule has 1 amide bonds. The quantitative estimate of drug-likeness (QED) is 0.711. The highest BCUT2D eigenvalue weighted by molar-refractivity contribution is 7.14. The van der Waals surface area contributed by atoms with Crippen LogP contribution in [0.4, 0.5) is 5.13 Å². The van der Waals surface area contributed by atoms with Crippen LogP contribution in [-0.4, -0.2) is 16.0 Å². The summed E-state index contributed by atoms with van der Waals surface area (Å²) in [5.74, 6) is 0.555. The topological polar surface area (TPSA) is 68.0 Å². The highest BCUT2D eigenvalue weighted by atomic mass is 32.1. The summed E-state index contributed by atoms with van der Waals surface area (Å²) in [5, 5.41) is 9.29. The van der Waals surface area contributed by atoms with E-state index in [1.807, 2.05) is 19.2 Å². The number of nitrogens with zero attached hydrogens (tertiary/aromatic N) is 2. The molecule has 0 atom stereocenters. The van der Waals surface area contributed by atoms with Crippen molar-refractivity contribution in [1.29, 1.82) is 0 Å². The molecular weight excluding hydrogens is 346 g/mol. The molecule has 0 unspecified atom stereocenters.